The number of halogens is 2. The van der Waals surface area contributed by atoms with E-state index in [0.29, 0.717) is 4.47 Å². The average Bonchev–Trinajstić information content (AvgIpc) is 2.36. The molecule has 0 aliphatic carbocycles. The molecule has 106 valence electrons. The Balaban J connectivity index is 2.88. The highest BCUT2D eigenvalue weighted by Crippen LogP contribution is 2.19. The molecule has 0 aliphatic rings. The largest absolute Gasteiger partial charge is 0.396 e. The van der Waals surface area contributed by atoms with Gasteiger partial charge in [-0.1, -0.05) is 22.9 Å². The summed E-state index contributed by atoms with van der Waals surface area (Å²) in [5.74, 6) is -0.869. The van der Waals surface area contributed by atoms with Crippen molar-refractivity contribution in [2.75, 3.05) is 26.8 Å². The van der Waals surface area contributed by atoms with Crippen molar-refractivity contribution >= 4 is 21.8 Å². The summed E-state index contributed by atoms with van der Waals surface area (Å²) in [6, 6.07) is 3.94. The van der Waals surface area contributed by atoms with Crippen LogP contribution in [0.15, 0.2) is 22.7 Å². The van der Waals surface area contributed by atoms with E-state index in [2.05, 4.69) is 15.9 Å². The molecule has 0 radical (unpaired) electrons. The lowest BCUT2D eigenvalue weighted by Gasteiger charge is -2.30. The summed E-state index contributed by atoms with van der Waals surface area (Å²) in [4.78, 5) is 13.5. The fourth-order valence-electron chi connectivity index (χ4n) is 1.69. The fraction of sp³-hybridized carbons (Fsp3) is 0.462. The summed E-state index contributed by atoms with van der Waals surface area (Å²) in [6.45, 7) is 1.35. The second-order valence-electron chi connectivity index (χ2n) is 4.95. The van der Waals surface area contributed by atoms with E-state index in [0.717, 1.165) is 6.07 Å². The first kappa shape index (κ1) is 16.1. The first-order chi connectivity index (χ1) is 8.81. The number of carbonyl (C=O) groups is 1. The third kappa shape index (κ3) is 4.26. The van der Waals surface area contributed by atoms with Crippen LogP contribution >= 0.6 is 15.9 Å². The van der Waals surface area contributed by atoms with Crippen LogP contribution in [0.1, 0.15) is 17.3 Å². The zero-order valence-corrected chi connectivity index (χ0v) is 12.4. The van der Waals surface area contributed by atoms with Crippen LogP contribution in [0, 0.1) is 11.2 Å². The number of aliphatic hydroxyl groups excluding tert-OH is 2. The Bertz CT molecular complexity index is 443. The van der Waals surface area contributed by atoms with Crippen molar-refractivity contribution in [3.05, 3.63) is 34.1 Å². The van der Waals surface area contributed by atoms with Crippen LogP contribution in [-0.4, -0.2) is 47.8 Å². The van der Waals surface area contributed by atoms with Gasteiger partial charge in [0.2, 0.25) is 0 Å². The molecule has 0 unspecified atom stereocenters. The second-order valence-corrected chi connectivity index (χ2v) is 5.86. The molecule has 0 fully saturated rings. The van der Waals surface area contributed by atoms with E-state index in [4.69, 9.17) is 0 Å². The van der Waals surface area contributed by atoms with E-state index in [1.165, 1.54) is 17.0 Å². The van der Waals surface area contributed by atoms with Crippen LogP contribution in [0.2, 0.25) is 0 Å². The first-order valence-electron chi connectivity index (χ1n) is 5.74. The topological polar surface area (TPSA) is 60.8 Å². The van der Waals surface area contributed by atoms with E-state index in [-0.39, 0.29) is 31.2 Å². The summed E-state index contributed by atoms with van der Waals surface area (Å²) in [6.07, 6.45) is 0. The summed E-state index contributed by atoms with van der Waals surface area (Å²) in [5.41, 5.74) is -0.567. The molecule has 1 aromatic carbocycles. The number of nitrogens with zero attached hydrogens (tertiary/aromatic N) is 1. The third-order valence-corrected chi connectivity index (χ3v) is 3.30. The number of hydrogen-bond donors (Lipinski definition) is 2. The Morgan fingerprint density at radius 1 is 1.37 bits per heavy atom. The molecule has 0 bridgehead atoms. The number of amides is 1. The predicted octanol–water partition coefficient (Wildman–Crippen LogP) is 1.65. The summed E-state index contributed by atoms with van der Waals surface area (Å²) in [7, 11) is 1.55. The lowest BCUT2D eigenvalue weighted by Crippen LogP contribution is -2.41. The van der Waals surface area contributed by atoms with Gasteiger partial charge in [-0.25, -0.2) is 4.39 Å². The van der Waals surface area contributed by atoms with Crippen molar-refractivity contribution in [2.45, 2.75) is 6.92 Å². The molecule has 4 nitrogen and oxygen atoms in total. The van der Waals surface area contributed by atoms with Crippen LogP contribution in [0.4, 0.5) is 4.39 Å². The van der Waals surface area contributed by atoms with Crippen molar-refractivity contribution < 1.29 is 19.4 Å². The first-order valence-corrected chi connectivity index (χ1v) is 6.54. The minimum atomic E-state index is -0.783. The van der Waals surface area contributed by atoms with Gasteiger partial charge in [-0.2, -0.15) is 0 Å². The van der Waals surface area contributed by atoms with Crippen LogP contribution in [-0.2, 0) is 0 Å². The standard InChI is InChI=1S/C13H17BrFNO3/c1-13(7-17,8-18)6-16(2)12(19)9-3-10(14)5-11(15)4-9/h3-5,17-18H,6-8H2,1-2H3. The van der Waals surface area contributed by atoms with Gasteiger partial charge in [0, 0.05) is 29.0 Å². The molecule has 2 N–H and O–H groups in total. The highest BCUT2D eigenvalue weighted by molar-refractivity contribution is 9.10. The van der Waals surface area contributed by atoms with Crippen molar-refractivity contribution in [3.8, 4) is 0 Å². The molecule has 0 heterocycles. The summed E-state index contributed by atoms with van der Waals surface area (Å²) < 4.78 is 13.7. The van der Waals surface area contributed by atoms with Gasteiger partial charge in [-0.3, -0.25) is 4.79 Å². The maximum Gasteiger partial charge on any atom is 0.253 e. The molecular formula is C13H17BrFNO3. The SMILES string of the molecule is CN(CC(C)(CO)CO)C(=O)c1cc(F)cc(Br)c1. The fourth-order valence-corrected chi connectivity index (χ4v) is 2.16. The average molecular weight is 334 g/mol. The quantitative estimate of drug-likeness (QED) is 0.861. The molecule has 0 aromatic heterocycles. The molecule has 0 saturated carbocycles. The molecule has 0 atom stereocenters. The normalized spacial score (nSPS) is 11.5. The van der Waals surface area contributed by atoms with Crippen LogP contribution in [0.3, 0.4) is 0 Å². The minimum absolute atomic E-state index is 0.174. The number of rotatable bonds is 5. The van der Waals surface area contributed by atoms with Gasteiger partial charge in [0.05, 0.1) is 13.2 Å². The Hall–Kier alpha value is -0.980. The number of benzene rings is 1. The third-order valence-electron chi connectivity index (χ3n) is 2.84. The van der Waals surface area contributed by atoms with E-state index >= 15 is 0 Å². The molecule has 6 heteroatoms. The molecule has 0 saturated heterocycles. The Labute approximate surface area is 120 Å². The van der Waals surface area contributed by atoms with Crippen LogP contribution in [0.25, 0.3) is 0 Å². The summed E-state index contributed by atoms with van der Waals surface area (Å²) >= 11 is 3.13. The van der Waals surface area contributed by atoms with Gasteiger partial charge < -0.3 is 15.1 Å². The van der Waals surface area contributed by atoms with E-state index in [9.17, 15) is 19.4 Å². The highest BCUT2D eigenvalue weighted by Gasteiger charge is 2.27. The number of hydrogen-bond acceptors (Lipinski definition) is 3. The van der Waals surface area contributed by atoms with E-state index < -0.39 is 11.2 Å². The van der Waals surface area contributed by atoms with Gasteiger partial charge in [0.1, 0.15) is 5.82 Å². The Morgan fingerprint density at radius 3 is 2.42 bits per heavy atom. The van der Waals surface area contributed by atoms with Gasteiger partial charge in [-0.05, 0) is 18.2 Å². The molecule has 0 spiro atoms. The lowest BCUT2D eigenvalue weighted by molar-refractivity contribution is 0.0366. The maximum absolute atomic E-state index is 13.2. The number of carbonyl (C=O) groups excluding carboxylic acids is 1. The van der Waals surface area contributed by atoms with Crippen LogP contribution < -0.4 is 0 Å². The van der Waals surface area contributed by atoms with Crippen LogP contribution in [0.5, 0.6) is 0 Å². The molecule has 1 aromatic rings. The Kier molecular flexibility index (Phi) is 5.46. The minimum Gasteiger partial charge on any atom is -0.396 e. The molecule has 1 amide bonds. The Morgan fingerprint density at radius 2 is 1.95 bits per heavy atom. The van der Waals surface area contributed by atoms with E-state index in [1.54, 1.807) is 14.0 Å². The van der Waals surface area contributed by atoms with E-state index in [1.807, 2.05) is 0 Å². The number of aliphatic hydroxyl groups is 2. The van der Waals surface area contributed by atoms with Crippen molar-refractivity contribution in [1.82, 2.24) is 4.90 Å². The molecular weight excluding hydrogens is 317 g/mol. The van der Waals surface area contributed by atoms with Gasteiger partial charge in [0.15, 0.2) is 0 Å². The molecule has 19 heavy (non-hydrogen) atoms. The monoisotopic (exact) mass is 333 g/mol. The van der Waals surface area contributed by atoms with Crippen molar-refractivity contribution in [3.63, 3.8) is 0 Å². The second kappa shape index (κ2) is 6.45. The van der Waals surface area contributed by atoms with Gasteiger partial charge in [-0.15, -0.1) is 0 Å². The van der Waals surface area contributed by atoms with Gasteiger partial charge in [0.25, 0.3) is 5.91 Å². The predicted molar refractivity (Wildman–Crippen MR) is 73.3 cm³/mol. The van der Waals surface area contributed by atoms with Crippen molar-refractivity contribution in [1.29, 1.82) is 0 Å². The lowest BCUT2D eigenvalue weighted by atomic mass is 9.92. The highest BCUT2D eigenvalue weighted by atomic mass is 79.9. The molecule has 1 rings (SSSR count). The van der Waals surface area contributed by atoms with Crippen molar-refractivity contribution in [2.24, 2.45) is 5.41 Å². The van der Waals surface area contributed by atoms with Gasteiger partial charge >= 0.3 is 0 Å². The zero-order valence-electron chi connectivity index (χ0n) is 10.9. The maximum atomic E-state index is 13.2. The summed E-state index contributed by atoms with van der Waals surface area (Å²) in [5, 5.41) is 18.4. The zero-order chi connectivity index (χ0) is 14.6. The smallest absolute Gasteiger partial charge is 0.253 e. The molecule has 0 aliphatic heterocycles.